The average molecular weight is 278 g/mol. The zero-order chi connectivity index (χ0) is 14.7. The van der Waals surface area contributed by atoms with Crippen molar-refractivity contribution in [2.75, 3.05) is 13.2 Å². The maximum absolute atomic E-state index is 12.6. The first-order valence-corrected chi connectivity index (χ1v) is 7.13. The van der Waals surface area contributed by atoms with Crippen molar-refractivity contribution in [1.82, 2.24) is 9.47 Å². The summed E-state index contributed by atoms with van der Waals surface area (Å²) in [4.78, 5) is 25.9. The van der Waals surface area contributed by atoms with Gasteiger partial charge in [-0.1, -0.05) is 0 Å². The number of aliphatic hydroxyl groups is 1. The predicted octanol–water partition coefficient (Wildman–Crippen LogP) is 1.60. The van der Waals surface area contributed by atoms with Crippen LogP contribution in [0.4, 0.5) is 0 Å². The van der Waals surface area contributed by atoms with E-state index in [2.05, 4.69) is 0 Å². The van der Waals surface area contributed by atoms with Gasteiger partial charge in [0.15, 0.2) is 5.78 Å². The number of amides is 1. The van der Waals surface area contributed by atoms with Crippen LogP contribution in [-0.2, 0) is 7.05 Å². The van der Waals surface area contributed by atoms with E-state index in [-0.39, 0.29) is 24.3 Å². The number of carbonyl (C=O) groups excluding carboxylic acids is 2. The van der Waals surface area contributed by atoms with Gasteiger partial charge in [0.2, 0.25) is 0 Å². The number of ketones is 1. The highest BCUT2D eigenvalue weighted by atomic mass is 16.3. The number of nitrogens with zero attached hydrogens (tertiary/aromatic N) is 2. The minimum Gasteiger partial charge on any atom is -0.396 e. The first-order valence-electron chi connectivity index (χ1n) is 7.13. The van der Waals surface area contributed by atoms with Gasteiger partial charge in [0.05, 0.1) is 0 Å². The van der Waals surface area contributed by atoms with Crippen LogP contribution in [0.2, 0.25) is 0 Å². The molecule has 1 fully saturated rings. The summed E-state index contributed by atoms with van der Waals surface area (Å²) in [5.41, 5.74) is 1.13. The first-order chi connectivity index (χ1) is 9.54. The number of Topliss-reactive ketones (excluding diaryl/α,β-unsaturated/α-hetero) is 1. The Morgan fingerprint density at radius 3 is 2.80 bits per heavy atom. The number of rotatable bonds is 5. The molecular weight excluding hydrogens is 256 g/mol. The van der Waals surface area contributed by atoms with Crippen LogP contribution < -0.4 is 0 Å². The van der Waals surface area contributed by atoms with Gasteiger partial charge in [0, 0.05) is 38.0 Å². The minimum atomic E-state index is -0.0297. The van der Waals surface area contributed by atoms with Gasteiger partial charge in [-0.25, -0.2) is 0 Å². The lowest BCUT2D eigenvalue weighted by molar-refractivity contribution is 0.0715. The fourth-order valence-electron chi connectivity index (χ4n) is 2.85. The molecule has 20 heavy (non-hydrogen) atoms. The average Bonchev–Trinajstić information content (AvgIpc) is 3.02. The number of hydrogen-bond donors (Lipinski definition) is 1. The summed E-state index contributed by atoms with van der Waals surface area (Å²) in [5, 5.41) is 8.93. The van der Waals surface area contributed by atoms with Crippen molar-refractivity contribution in [2.24, 2.45) is 7.05 Å². The Morgan fingerprint density at radius 2 is 2.20 bits per heavy atom. The van der Waals surface area contributed by atoms with E-state index in [1.807, 2.05) is 4.90 Å². The van der Waals surface area contributed by atoms with Crippen LogP contribution in [0, 0.1) is 0 Å². The number of aromatic nitrogens is 1. The Hall–Kier alpha value is -1.62. The molecule has 0 aliphatic carbocycles. The molecule has 110 valence electrons. The lowest BCUT2D eigenvalue weighted by Crippen LogP contribution is -2.36. The summed E-state index contributed by atoms with van der Waals surface area (Å²) in [6.07, 6.45) is 5.27. The number of carbonyl (C=O) groups is 2. The molecule has 1 atom stereocenters. The van der Waals surface area contributed by atoms with Crippen LogP contribution in [0.25, 0.3) is 0 Å². The molecular formula is C15H22N2O3. The molecule has 1 aliphatic rings. The lowest BCUT2D eigenvalue weighted by atomic mass is 10.1. The molecule has 0 radical (unpaired) electrons. The smallest absolute Gasteiger partial charge is 0.270 e. The molecule has 1 N–H and O–H groups in total. The molecule has 0 bridgehead atoms. The van der Waals surface area contributed by atoms with Crippen LogP contribution in [-0.4, -0.2) is 45.5 Å². The largest absolute Gasteiger partial charge is 0.396 e. The summed E-state index contributed by atoms with van der Waals surface area (Å²) in [7, 11) is 1.79. The SMILES string of the molecule is CC(=O)c1cc(C(=O)N2CCCC2CCCO)n(C)c1. The van der Waals surface area contributed by atoms with E-state index < -0.39 is 0 Å². The van der Waals surface area contributed by atoms with Crippen molar-refractivity contribution in [3.8, 4) is 0 Å². The van der Waals surface area contributed by atoms with E-state index in [1.54, 1.807) is 23.9 Å². The van der Waals surface area contributed by atoms with Crippen molar-refractivity contribution in [3.05, 3.63) is 23.5 Å². The van der Waals surface area contributed by atoms with E-state index in [4.69, 9.17) is 5.11 Å². The molecule has 1 aliphatic heterocycles. The highest BCUT2D eigenvalue weighted by molar-refractivity contribution is 5.99. The molecule has 2 rings (SSSR count). The molecule has 0 spiro atoms. The minimum absolute atomic E-state index is 0.0135. The molecule has 2 heterocycles. The fraction of sp³-hybridized carbons (Fsp3) is 0.600. The van der Waals surface area contributed by atoms with Gasteiger partial charge in [0.1, 0.15) is 5.69 Å². The molecule has 1 aromatic rings. The number of likely N-dealkylation sites (tertiary alicyclic amines) is 1. The number of hydrogen-bond acceptors (Lipinski definition) is 3. The predicted molar refractivity (Wildman–Crippen MR) is 75.8 cm³/mol. The van der Waals surface area contributed by atoms with E-state index in [1.165, 1.54) is 6.92 Å². The van der Waals surface area contributed by atoms with E-state index in [0.717, 1.165) is 32.2 Å². The normalized spacial score (nSPS) is 18.6. The fourth-order valence-corrected chi connectivity index (χ4v) is 2.85. The summed E-state index contributed by atoms with van der Waals surface area (Å²) >= 11 is 0. The van der Waals surface area contributed by atoms with Gasteiger partial charge in [-0.2, -0.15) is 0 Å². The summed E-state index contributed by atoms with van der Waals surface area (Å²) in [6, 6.07) is 1.89. The molecule has 1 amide bonds. The van der Waals surface area contributed by atoms with Crippen LogP contribution >= 0.6 is 0 Å². The quantitative estimate of drug-likeness (QED) is 0.832. The molecule has 1 aromatic heterocycles. The van der Waals surface area contributed by atoms with Crippen LogP contribution in [0.3, 0.4) is 0 Å². The van der Waals surface area contributed by atoms with Gasteiger partial charge in [-0.05, 0) is 38.7 Å². The highest BCUT2D eigenvalue weighted by Gasteiger charge is 2.30. The Kier molecular flexibility index (Phi) is 4.60. The summed E-state index contributed by atoms with van der Waals surface area (Å²) in [5.74, 6) is -0.0432. The number of aryl methyl sites for hydroxylation is 1. The van der Waals surface area contributed by atoms with Gasteiger partial charge in [0.25, 0.3) is 5.91 Å². The van der Waals surface area contributed by atoms with Crippen LogP contribution in [0.15, 0.2) is 12.3 Å². The number of aliphatic hydroxyl groups excluding tert-OH is 1. The molecule has 0 saturated carbocycles. The van der Waals surface area contributed by atoms with Gasteiger partial charge in [-0.15, -0.1) is 0 Å². The second-order valence-corrected chi connectivity index (χ2v) is 5.44. The molecule has 1 saturated heterocycles. The molecule has 0 aromatic carbocycles. The Balaban J connectivity index is 2.15. The van der Waals surface area contributed by atoms with Crippen LogP contribution in [0.5, 0.6) is 0 Å². The third-order valence-electron chi connectivity index (χ3n) is 3.96. The zero-order valence-electron chi connectivity index (χ0n) is 12.1. The second kappa shape index (κ2) is 6.22. The Bertz CT molecular complexity index is 507. The van der Waals surface area contributed by atoms with Crippen molar-refractivity contribution >= 4 is 11.7 Å². The summed E-state index contributed by atoms with van der Waals surface area (Å²) in [6.45, 7) is 2.43. The lowest BCUT2D eigenvalue weighted by Gasteiger charge is -2.24. The van der Waals surface area contributed by atoms with Crippen molar-refractivity contribution in [2.45, 2.75) is 38.6 Å². The first kappa shape index (κ1) is 14.8. The monoisotopic (exact) mass is 278 g/mol. The Labute approximate surface area is 119 Å². The van der Waals surface area contributed by atoms with Gasteiger partial charge < -0.3 is 14.6 Å². The standard InChI is InChI=1S/C15H22N2O3/c1-11(19)12-9-14(16(2)10-12)15(20)17-7-3-5-13(17)6-4-8-18/h9-10,13,18H,3-8H2,1-2H3. The van der Waals surface area contributed by atoms with E-state index in [9.17, 15) is 9.59 Å². The van der Waals surface area contributed by atoms with Crippen molar-refractivity contribution < 1.29 is 14.7 Å². The van der Waals surface area contributed by atoms with E-state index >= 15 is 0 Å². The Morgan fingerprint density at radius 1 is 1.45 bits per heavy atom. The maximum Gasteiger partial charge on any atom is 0.270 e. The zero-order valence-corrected chi connectivity index (χ0v) is 12.1. The van der Waals surface area contributed by atoms with Crippen molar-refractivity contribution in [3.63, 3.8) is 0 Å². The topological polar surface area (TPSA) is 62.5 Å². The van der Waals surface area contributed by atoms with Gasteiger partial charge in [-0.3, -0.25) is 9.59 Å². The third-order valence-corrected chi connectivity index (χ3v) is 3.96. The molecule has 5 nitrogen and oxygen atoms in total. The molecule has 1 unspecified atom stereocenters. The summed E-state index contributed by atoms with van der Waals surface area (Å²) < 4.78 is 1.72. The van der Waals surface area contributed by atoms with Gasteiger partial charge >= 0.3 is 0 Å². The molecule has 5 heteroatoms. The maximum atomic E-state index is 12.6. The highest BCUT2D eigenvalue weighted by Crippen LogP contribution is 2.24. The second-order valence-electron chi connectivity index (χ2n) is 5.44. The third kappa shape index (κ3) is 2.93. The van der Waals surface area contributed by atoms with Crippen LogP contribution in [0.1, 0.15) is 53.5 Å². The van der Waals surface area contributed by atoms with E-state index in [0.29, 0.717) is 11.3 Å². The van der Waals surface area contributed by atoms with Crippen molar-refractivity contribution in [1.29, 1.82) is 0 Å².